The highest BCUT2D eigenvalue weighted by atomic mass is 79.9. The van der Waals surface area contributed by atoms with Gasteiger partial charge >= 0.3 is 5.97 Å². The summed E-state index contributed by atoms with van der Waals surface area (Å²) in [6, 6.07) is 14.6. The number of para-hydroxylation sites is 1. The average Bonchev–Trinajstić information content (AvgIpc) is 3.32. The fourth-order valence-corrected chi connectivity index (χ4v) is 3.36. The zero-order valence-electron chi connectivity index (χ0n) is 14.6. The number of hydrogen-bond acceptors (Lipinski definition) is 4. The minimum atomic E-state index is -0.542. The number of nitrogens with zero attached hydrogens (tertiary/aromatic N) is 1. The number of furan rings is 1. The third kappa shape index (κ3) is 3.03. The summed E-state index contributed by atoms with van der Waals surface area (Å²) in [5.41, 5.74) is 1.06. The summed E-state index contributed by atoms with van der Waals surface area (Å²) in [6.45, 7) is 0. The van der Waals surface area contributed by atoms with Crippen molar-refractivity contribution in [1.82, 2.24) is 4.57 Å². The molecule has 0 aliphatic rings. The molecule has 0 saturated heterocycles. The fourth-order valence-electron chi connectivity index (χ4n) is 3.03. The molecule has 7 heteroatoms. The largest absolute Gasteiger partial charge is 0.465 e. The highest BCUT2D eigenvalue weighted by Crippen LogP contribution is 2.29. The fraction of sp³-hybridized carbons (Fsp3) is 0.0476. The molecular weight excluding hydrogens is 429 g/mol. The molecule has 0 unspecified atom stereocenters. The van der Waals surface area contributed by atoms with Gasteiger partial charge in [-0.1, -0.05) is 34.1 Å². The summed E-state index contributed by atoms with van der Waals surface area (Å²) < 4.78 is 26.5. The molecule has 0 radical (unpaired) electrons. The van der Waals surface area contributed by atoms with Gasteiger partial charge in [0.1, 0.15) is 11.6 Å². The van der Waals surface area contributed by atoms with E-state index >= 15 is 0 Å². The van der Waals surface area contributed by atoms with Crippen LogP contribution in [0.3, 0.4) is 0 Å². The number of carbonyl (C=O) groups is 2. The molecule has 2 aromatic carbocycles. The Bertz CT molecular complexity index is 1220. The number of rotatable bonds is 3. The Morgan fingerprint density at radius 2 is 1.89 bits per heavy atom. The molecule has 0 saturated carbocycles. The molecule has 2 aromatic heterocycles. The third-order valence-corrected chi connectivity index (χ3v) is 4.84. The number of hydrogen-bond donors (Lipinski definition) is 0. The van der Waals surface area contributed by atoms with Gasteiger partial charge in [0, 0.05) is 16.1 Å². The monoisotopic (exact) mass is 441 g/mol. The van der Waals surface area contributed by atoms with Gasteiger partial charge in [-0.05, 0) is 36.4 Å². The van der Waals surface area contributed by atoms with Gasteiger partial charge in [-0.3, -0.25) is 9.36 Å². The summed E-state index contributed by atoms with van der Waals surface area (Å²) >= 11 is 3.20. The summed E-state index contributed by atoms with van der Waals surface area (Å²) in [5.74, 6) is -1.23. The van der Waals surface area contributed by atoms with E-state index in [9.17, 15) is 14.0 Å². The molecule has 0 amide bonds. The lowest BCUT2D eigenvalue weighted by molar-refractivity contribution is 0.0603. The quantitative estimate of drug-likeness (QED) is 0.405. The minimum absolute atomic E-state index is 0.0227. The van der Waals surface area contributed by atoms with Crippen LogP contribution >= 0.6 is 15.9 Å². The zero-order chi connectivity index (χ0) is 19.8. The van der Waals surface area contributed by atoms with Gasteiger partial charge in [0.05, 0.1) is 23.8 Å². The molecule has 0 spiro atoms. The van der Waals surface area contributed by atoms with E-state index in [0.717, 1.165) is 0 Å². The van der Waals surface area contributed by atoms with E-state index < -0.39 is 17.7 Å². The predicted molar refractivity (Wildman–Crippen MR) is 105 cm³/mol. The van der Waals surface area contributed by atoms with E-state index in [4.69, 9.17) is 9.15 Å². The predicted octanol–water partition coefficient (Wildman–Crippen LogP) is 5.28. The maximum Gasteiger partial charge on any atom is 0.340 e. The number of esters is 1. The number of carbonyl (C=O) groups excluding carboxylic acids is 2. The number of halogens is 2. The molecule has 5 nitrogen and oxygen atoms in total. The van der Waals surface area contributed by atoms with Crippen molar-refractivity contribution in [3.05, 3.63) is 82.4 Å². The Morgan fingerprint density at radius 3 is 2.64 bits per heavy atom. The second-order valence-corrected chi connectivity index (χ2v) is 6.93. The molecule has 0 atom stereocenters. The van der Waals surface area contributed by atoms with Crippen molar-refractivity contribution in [1.29, 1.82) is 0 Å². The topological polar surface area (TPSA) is 61.4 Å². The SMILES string of the molecule is COC(=O)c1cn(C(=O)c2ccc(-c3ccc(Br)cc3F)o2)c2ccccc12. The summed E-state index contributed by atoms with van der Waals surface area (Å²) in [4.78, 5) is 25.0. The van der Waals surface area contributed by atoms with Crippen molar-refractivity contribution in [2.24, 2.45) is 0 Å². The van der Waals surface area contributed by atoms with Crippen LogP contribution in [0.25, 0.3) is 22.2 Å². The first-order valence-electron chi connectivity index (χ1n) is 8.28. The van der Waals surface area contributed by atoms with Crippen LogP contribution in [0.15, 0.2) is 69.7 Å². The van der Waals surface area contributed by atoms with Crippen LogP contribution in [0.1, 0.15) is 20.9 Å². The highest BCUT2D eigenvalue weighted by Gasteiger charge is 2.22. The van der Waals surface area contributed by atoms with Crippen LogP contribution in [0, 0.1) is 5.82 Å². The van der Waals surface area contributed by atoms with Crippen molar-refractivity contribution in [2.75, 3.05) is 7.11 Å². The molecule has 0 N–H and O–H groups in total. The van der Waals surface area contributed by atoms with E-state index in [1.807, 2.05) is 0 Å². The van der Waals surface area contributed by atoms with Gasteiger partial charge in [-0.25, -0.2) is 9.18 Å². The van der Waals surface area contributed by atoms with Crippen molar-refractivity contribution in [3.8, 4) is 11.3 Å². The van der Waals surface area contributed by atoms with Crippen LogP contribution in [-0.4, -0.2) is 23.6 Å². The van der Waals surface area contributed by atoms with E-state index in [-0.39, 0.29) is 22.6 Å². The van der Waals surface area contributed by atoms with Crippen LogP contribution in [-0.2, 0) is 4.74 Å². The Balaban J connectivity index is 1.77. The zero-order valence-corrected chi connectivity index (χ0v) is 16.2. The normalized spacial score (nSPS) is 11.0. The lowest BCUT2D eigenvalue weighted by Crippen LogP contribution is -2.10. The molecule has 28 heavy (non-hydrogen) atoms. The standard InChI is InChI=1S/C21H13BrFNO4/c1-27-21(26)15-11-24(17-5-3-2-4-13(15)17)20(25)19-9-8-18(28-19)14-7-6-12(22)10-16(14)23/h2-11H,1H3. The van der Waals surface area contributed by atoms with Crippen molar-refractivity contribution < 1.29 is 23.1 Å². The van der Waals surface area contributed by atoms with Gasteiger partial charge in [0.25, 0.3) is 5.91 Å². The van der Waals surface area contributed by atoms with E-state index in [1.165, 1.54) is 36.1 Å². The lowest BCUT2D eigenvalue weighted by Gasteiger charge is -2.02. The maximum absolute atomic E-state index is 14.2. The smallest absolute Gasteiger partial charge is 0.340 e. The molecule has 0 fully saturated rings. The summed E-state index contributed by atoms with van der Waals surface area (Å²) in [5, 5.41) is 0.591. The Hall–Kier alpha value is -3.19. The first-order chi connectivity index (χ1) is 13.5. The Morgan fingerprint density at radius 1 is 1.11 bits per heavy atom. The molecule has 0 bridgehead atoms. The van der Waals surface area contributed by atoms with E-state index in [2.05, 4.69) is 15.9 Å². The van der Waals surface area contributed by atoms with Crippen LogP contribution in [0.4, 0.5) is 4.39 Å². The molecular formula is C21H13BrFNO4. The number of benzene rings is 2. The van der Waals surface area contributed by atoms with Gasteiger partial charge in [-0.2, -0.15) is 0 Å². The van der Waals surface area contributed by atoms with Gasteiger partial charge in [-0.15, -0.1) is 0 Å². The Labute approximate surface area is 167 Å². The second kappa shape index (κ2) is 7.09. The third-order valence-electron chi connectivity index (χ3n) is 4.35. The van der Waals surface area contributed by atoms with Crippen molar-refractivity contribution in [3.63, 3.8) is 0 Å². The van der Waals surface area contributed by atoms with Gasteiger partial charge in [0.15, 0.2) is 5.76 Å². The number of fused-ring (bicyclic) bond motifs is 1. The van der Waals surface area contributed by atoms with Gasteiger partial charge < -0.3 is 9.15 Å². The van der Waals surface area contributed by atoms with Gasteiger partial charge in [0.2, 0.25) is 0 Å². The average molecular weight is 442 g/mol. The summed E-state index contributed by atoms with van der Waals surface area (Å²) in [6.07, 6.45) is 1.42. The van der Waals surface area contributed by atoms with Crippen LogP contribution in [0.2, 0.25) is 0 Å². The highest BCUT2D eigenvalue weighted by molar-refractivity contribution is 9.10. The van der Waals surface area contributed by atoms with Crippen molar-refractivity contribution >= 4 is 38.7 Å². The first-order valence-corrected chi connectivity index (χ1v) is 9.07. The number of aromatic nitrogens is 1. The van der Waals surface area contributed by atoms with E-state index in [1.54, 1.807) is 36.4 Å². The maximum atomic E-state index is 14.2. The number of methoxy groups -OCH3 is 1. The molecule has 2 heterocycles. The molecule has 140 valence electrons. The van der Waals surface area contributed by atoms with Crippen LogP contribution in [0.5, 0.6) is 0 Å². The number of ether oxygens (including phenoxy) is 1. The Kier molecular flexibility index (Phi) is 4.60. The summed E-state index contributed by atoms with van der Waals surface area (Å²) in [7, 11) is 1.28. The van der Waals surface area contributed by atoms with E-state index in [0.29, 0.717) is 15.4 Å². The second-order valence-electron chi connectivity index (χ2n) is 6.01. The van der Waals surface area contributed by atoms with Crippen LogP contribution < -0.4 is 0 Å². The first kappa shape index (κ1) is 18.2. The molecule has 0 aliphatic carbocycles. The minimum Gasteiger partial charge on any atom is -0.465 e. The molecule has 4 aromatic rings. The van der Waals surface area contributed by atoms with Crippen molar-refractivity contribution in [2.45, 2.75) is 0 Å². The molecule has 4 rings (SSSR count). The lowest BCUT2D eigenvalue weighted by atomic mass is 10.1. The molecule has 0 aliphatic heterocycles.